The van der Waals surface area contributed by atoms with E-state index in [1.807, 2.05) is 0 Å². The van der Waals surface area contributed by atoms with E-state index in [0.29, 0.717) is 15.6 Å². The van der Waals surface area contributed by atoms with Crippen LogP contribution in [0.5, 0.6) is 0 Å². The number of amides is 1. The number of nitrogens with zero attached hydrogens (tertiary/aromatic N) is 1. The molecule has 0 fully saturated rings. The van der Waals surface area contributed by atoms with Crippen LogP contribution in [0.25, 0.3) is 11.1 Å². The minimum absolute atomic E-state index is 0.000761. The molecule has 1 amide bonds. The zero-order chi connectivity index (χ0) is 18.0. The summed E-state index contributed by atoms with van der Waals surface area (Å²) in [5.41, 5.74) is 1.26. The van der Waals surface area contributed by atoms with E-state index in [1.165, 1.54) is 37.6 Å². The number of benzene rings is 2. The van der Waals surface area contributed by atoms with E-state index < -0.39 is 23.8 Å². The number of oxazole rings is 1. The summed E-state index contributed by atoms with van der Waals surface area (Å²) in [6.07, 6.45) is 0.156. The van der Waals surface area contributed by atoms with Crippen molar-refractivity contribution in [1.29, 1.82) is 0 Å². The van der Waals surface area contributed by atoms with E-state index in [9.17, 15) is 14.0 Å². The van der Waals surface area contributed by atoms with Gasteiger partial charge in [-0.25, -0.2) is 14.2 Å². The fraction of sp³-hybridized carbons (Fsp3) is 0.118. The lowest BCUT2D eigenvalue weighted by atomic mass is 10.2. The Bertz CT molecular complexity index is 957. The summed E-state index contributed by atoms with van der Waals surface area (Å²) >= 11 is 3.13. The molecule has 0 aliphatic carbocycles. The van der Waals surface area contributed by atoms with E-state index in [1.54, 1.807) is 12.1 Å². The zero-order valence-corrected chi connectivity index (χ0v) is 14.5. The number of carbonyl (C=O) groups excluding carboxylic acids is 2. The van der Waals surface area contributed by atoms with Gasteiger partial charge in [0.25, 0.3) is 5.91 Å². The molecule has 3 rings (SSSR count). The molecule has 25 heavy (non-hydrogen) atoms. The lowest BCUT2D eigenvalue weighted by Gasteiger charge is -2.14. The van der Waals surface area contributed by atoms with Gasteiger partial charge in [0.1, 0.15) is 11.3 Å². The predicted molar refractivity (Wildman–Crippen MR) is 91.6 cm³/mol. The first-order chi connectivity index (χ1) is 11.9. The molecule has 0 aliphatic rings. The maximum atomic E-state index is 13.8. The van der Waals surface area contributed by atoms with Crippen molar-refractivity contribution in [1.82, 2.24) is 4.98 Å². The van der Waals surface area contributed by atoms with Gasteiger partial charge in [0, 0.05) is 4.47 Å². The molecule has 1 unspecified atom stereocenters. The van der Waals surface area contributed by atoms with Gasteiger partial charge < -0.3 is 14.5 Å². The Kier molecular flexibility index (Phi) is 4.80. The molecule has 2 aromatic carbocycles. The van der Waals surface area contributed by atoms with Crippen LogP contribution in [0.4, 0.5) is 10.1 Å². The molecular formula is C17H12BrFN2O4. The molecule has 0 aliphatic heterocycles. The highest BCUT2D eigenvalue weighted by molar-refractivity contribution is 9.10. The minimum atomic E-state index is -1.11. The number of halogens is 2. The molecule has 3 aromatic rings. The molecular weight excluding hydrogens is 395 g/mol. The van der Waals surface area contributed by atoms with Crippen LogP contribution in [0.2, 0.25) is 0 Å². The van der Waals surface area contributed by atoms with E-state index >= 15 is 0 Å². The first-order valence-corrected chi connectivity index (χ1v) is 8.03. The van der Waals surface area contributed by atoms with E-state index in [2.05, 4.69) is 26.2 Å². The number of rotatable bonds is 4. The molecule has 0 saturated heterocycles. The number of ether oxygens (including phenoxy) is 1. The van der Waals surface area contributed by atoms with Crippen LogP contribution >= 0.6 is 15.9 Å². The van der Waals surface area contributed by atoms with Crippen molar-refractivity contribution < 1.29 is 23.1 Å². The fourth-order valence-corrected chi connectivity index (χ4v) is 2.42. The highest BCUT2D eigenvalue weighted by Crippen LogP contribution is 2.20. The van der Waals surface area contributed by atoms with Crippen LogP contribution < -0.4 is 5.32 Å². The van der Waals surface area contributed by atoms with Gasteiger partial charge in [0.05, 0.1) is 11.3 Å². The molecule has 1 N–H and O–H groups in total. The van der Waals surface area contributed by atoms with E-state index in [-0.39, 0.29) is 11.3 Å². The molecule has 0 saturated carbocycles. The molecule has 128 valence electrons. The Morgan fingerprint density at radius 1 is 1.28 bits per heavy atom. The van der Waals surface area contributed by atoms with Gasteiger partial charge in [-0.05, 0) is 43.3 Å². The minimum Gasteiger partial charge on any atom is -0.449 e. The van der Waals surface area contributed by atoms with Crippen LogP contribution in [0.1, 0.15) is 17.3 Å². The third kappa shape index (κ3) is 3.85. The summed E-state index contributed by atoms with van der Waals surface area (Å²) in [5, 5.41) is 2.38. The Hall–Kier alpha value is -2.74. The number of aromatic nitrogens is 1. The van der Waals surface area contributed by atoms with Crippen molar-refractivity contribution in [3.8, 4) is 0 Å². The van der Waals surface area contributed by atoms with Crippen molar-refractivity contribution in [3.05, 3.63) is 58.6 Å². The number of hydrogen-bond acceptors (Lipinski definition) is 5. The maximum absolute atomic E-state index is 13.8. The second-order valence-corrected chi connectivity index (χ2v) is 6.11. The monoisotopic (exact) mass is 406 g/mol. The van der Waals surface area contributed by atoms with Crippen LogP contribution in [-0.2, 0) is 9.53 Å². The van der Waals surface area contributed by atoms with Crippen LogP contribution in [0.15, 0.2) is 51.7 Å². The van der Waals surface area contributed by atoms with Crippen molar-refractivity contribution in [2.75, 3.05) is 5.32 Å². The lowest BCUT2D eigenvalue weighted by Crippen LogP contribution is -2.30. The number of carbonyl (C=O) groups is 2. The quantitative estimate of drug-likeness (QED) is 0.664. The molecule has 1 heterocycles. The van der Waals surface area contributed by atoms with Gasteiger partial charge in [0.15, 0.2) is 18.1 Å². The molecule has 6 nitrogen and oxygen atoms in total. The predicted octanol–water partition coefficient (Wildman–Crippen LogP) is 3.91. The second-order valence-electron chi connectivity index (χ2n) is 5.20. The number of fused-ring (bicyclic) bond motifs is 1. The molecule has 0 bridgehead atoms. The Morgan fingerprint density at radius 3 is 2.84 bits per heavy atom. The summed E-state index contributed by atoms with van der Waals surface area (Å²) < 4.78 is 24.5. The van der Waals surface area contributed by atoms with Gasteiger partial charge in [-0.2, -0.15) is 0 Å². The number of hydrogen-bond donors (Lipinski definition) is 1. The largest absolute Gasteiger partial charge is 0.449 e. The number of anilines is 1. The van der Waals surface area contributed by atoms with Crippen molar-refractivity contribution >= 4 is 44.6 Å². The fourth-order valence-electron chi connectivity index (χ4n) is 2.09. The Morgan fingerprint density at radius 2 is 2.08 bits per heavy atom. The summed E-state index contributed by atoms with van der Waals surface area (Å²) in [6, 6.07) is 8.82. The van der Waals surface area contributed by atoms with Crippen molar-refractivity contribution in [2.45, 2.75) is 13.0 Å². The topological polar surface area (TPSA) is 81.4 Å². The van der Waals surface area contributed by atoms with Gasteiger partial charge in [-0.1, -0.05) is 15.9 Å². The van der Waals surface area contributed by atoms with Crippen molar-refractivity contribution in [2.24, 2.45) is 0 Å². The van der Waals surface area contributed by atoms with Crippen LogP contribution in [0.3, 0.4) is 0 Å². The third-order valence-electron chi connectivity index (χ3n) is 3.41. The standard InChI is InChI=1S/C17H12BrFN2O4/c1-9(16(22)21-13-5-3-11(18)7-12(13)19)25-17(23)10-2-4-14-15(6-10)24-8-20-14/h2-9H,1H3,(H,21,22). The summed E-state index contributed by atoms with van der Waals surface area (Å²) in [5.74, 6) is -1.94. The summed E-state index contributed by atoms with van der Waals surface area (Å²) in [7, 11) is 0. The van der Waals surface area contributed by atoms with Crippen LogP contribution in [0, 0.1) is 5.82 Å². The summed E-state index contributed by atoms with van der Waals surface area (Å²) in [4.78, 5) is 28.2. The van der Waals surface area contributed by atoms with E-state index in [4.69, 9.17) is 9.15 Å². The number of esters is 1. The number of nitrogens with one attached hydrogen (secondary N) is 1. The molecule has 1 aromatic heterocycles. The van der Waals surface area contributed by atoms with E-state index in [0.717, 1.165) is 0 Å². The van der Waals surface area contributed by atoms with Gasteiger partial charge in [0.2, 0.25) is 0 Å². The van der Waals surface area contributed by atoms with Gasteiger partial charge in [-0.15, -0.1) is 0 Å². The average molecular weight is 407 g/mol. The molecule has 0 spiro atoms. The highest BCUT2D eigenvalue weighted by Gasteiger charge is 2.20. The SMILES string of the molecule is CC(OC(=O)c1ccc2ncoc2c1)C(=O)Nc1ccc(Br)cc1F. The van der Waals surface area contributed by atoms with Gasteiger partial charge in [-0.3, -0.25) is 4.79 Å². The molecule has 8 heteroatoms. The first kappa shape index (κ1) is 17.1. The highest BCUT2D eigenvalue weighted by atomic mass is 79.9. The van der Waals surface area contributed by atoms with Gasteiger partial charge >= 0.3 is 5.97 Å². The summed E-state index contributed by atoms with van der Waals surface area (Å²) in [6.45, 7) is 1.40. The van der Waals surface area contributed by atoms with Crippen molar-refractivity contribution in [3.63, 3.8) is 0 Å². The third-order valence-corrected chi connectivity index (χ3v) is 3.90. The lowest BCUT2D eigenvalue weighted by molar-refractivity contribution is -0.123. The second kappa shape index (κ2) is 7.02. The molecule has 0 radical (unpaired) electrons. The maximum Gasteiger partial charge on any atom is 0.339 e. The van der Waals surface area contributed by atoms with Crippen LogP contribution in [-0.4, -0.2) is 23.0 Å². The zero-order valence-electron chi connectivity index (χ0n) is 13.0. The first-order valence-electron chi connectivity index (χ1n) is 7.24. The smallest absolute Gasteiger partial charge is 0.339 e. The Labute approximate surface area is 150 Å². The normalized spacial score (nSPS) is 12.0. The average Bonchev–Trinajstić information content (AvgIpc) is 3.04. The molecule has 1 atom stereocenters. The Balaban J connectivity index is 1.66.